The average Bonchev–Trinajstić information content (AvgIpc) is 3.11. The highest BCUT2D eigenvalue weighted by molar-refractivity contribution is 5.96. The van der Waals surface area contributed by atoms with E-state index in [1.54, 1.807) is 29.4 Å². The molecule has 2 amide bonds. The van der Waals surface area contributed by atoms with Crippen LogP contribution in [0.15, 0.2) is 43.0 Å². The summed E-state index contributed by atoms with van der Waals surface area (Å²) in [7, 11) is 0. The van der Waals surface area contributed by atoms with Crippen molar-refractivity contribution in [2.45, 2.75) is 12.8 Å². The van der Waals surface area contributed by atoms with Crippen molar-refractivity contribution in [2.75, 3.05) is 16.8 Å². The summed E-state index contributed by atoms with van der Waals surface area (Å²) in [6.07, 6.45) is 6.07. The fraction of sp³-hybridized carbons (Fsp3) is 0.214. The molecule has 0 radical (unpaired) electrons. The Hall–Kier alpha value is -2.63. The molecule has 1 saturated heterocycles. The number of hydrogen-bond donors (Lipinski definition) is 1. The molecule has 0 aliphatic carbocycles. The third kappa shape index (κ3) is 2.40. The third-order valence-corrected chi connectivity index (χ3v) is 3.24. The Balaban J connectivity index is 1.70. The van der Waals surface area contributed by atoms with Gasteiger partial charge in [0.2, 0.25) is 5.91 Å². The van der Waals surface area contributed by atoms with Crippen molar-refractivity contribution >= 4 is 23.3 Å². The molecule has 0 saturated carbocycles. The van der Waals surface area contributed by atoms with E-state index in [0.29, 0.717) is 12.1 Å². The van der Waals surface area contributed by atoms with Crippen LogP contribution in [0.4, 0.5) is 16.2 Å². The Morgan fingerprint density at radius 3 is 2.65 bits per heavy atom. The van der Waals surface area contributed by atoms with Gasteiger partial charge in [-0.3, -0.25) is 9.36 Å². The zero-order valence-electron chi connectivity index (χ0n) is 10.8. The van der Waals surface area contributed by atoms with E-state index in [1.165, 1.54) is 10.9 Å². The molecule has 6 nitrogen and oxygen atoms in total. The van der Waals surface area contributed by atoms with E-state index < -0.39 is 0 Å². The summed E-state index contributed by atoms with van der Waals surface area (Å²) in [6, 6.07) is 6.98. The number of amides is 2. The molecule has 0 bridgehead atoms. The zero-order valence-corrected chi connectivity index (χ0v) is 10.8. The lowest BCUT2D eigenvalue weighted by Gasteiger charge is -2.16. The summed E-state index contributed by atoms with van der Waals surface area (Å²) in [5.74, 6) is 0.153. The first-order chi connectivity index (χ1) is 9.74. The van der Waals surface area contributed by atoms with Crippen molar-refractivity contribution in [1.29, 1.82) is 0 Å². The summed E-state index contributed by atoms with van der Waals surface area (Å²) in [6.45, 7) is 0.763. The second kappa shape index (κ2) is 5.16. The molecule has 0 unspecified atom stereocenters. The van der Waals surface area contributed by atoms with Crippen LogP contribution in [-0.4, -0.2) is 28.0 Å². The standard InChI is InChI=1S/C14H14N4O2/c19-13-2-1-8-18(13)12-5-3-11(4-6-12)16-14(20)17-9-7-15-10-17/h3-7,9-10H,1-2,8H2,(H,16,20). The second-order valence-corrected chi connectivity index (χ2v) is 4.60. The molecular formula is C14H14N4O2. The van der Waals surface area contributed by atoms with Gasteiger partial charge in [0.25, 0.3) is 0 Å². The zero-order chi connectivity index (χ0) is 13.9. The Kier molecular flexibility index (Phi) is 3.20. The molecule has 1 N–H and O–H groups in total. The largest absolute Gasteiger partial charge is 0.331 e. The highest BCUT2D eigenvalue weighted by Gasteiger charge is 2.21. The predicted octanol–water partition coefficient (Wildman–Crippen LogP) is 2.09. The molecule has 1 aliphatic rings. The molecule has 1 aromatic carbocycles. The van der Waals surface area contributed by atoms with E-state index in [1.807, 2.05) is 12.1 Å². The maximum atomic E-state index is 11.8. The van der Waals surface area contributed by atoms with E-state index in [-0.39, 0.29) is 11.9 Å². The van der Waals surface area contributed by atoms with Crippen LogP contribution in [0.5, 0.6) is 0 Å². The molecule has 3 rings (SSSR count). The number of aromatic nitrogens is 2. The number of carbonyl (C=O) groups excluding carboxylic acids is 2. The summed E-state index contributed by atoms with van der Waals surface area (Å²) in [4.78, 5) is 29.0. The van der Waals surface area contributed by atoms with Gasteiger partial charge in [-0.2, -0.15) is 0 Å². The van der Waals surface area contributed by atoms with Gasteiger partial charge in [-0.25, -0.2) is 9.78 Å². The number of anilines is 2. The van der Waals surface area contributed by atoms with Gasteiger partial charge in [0.1, 0.15) is 6.33 Å². The number of hydrogen-bond acceptors (Lipinski definition) is 3. The van der Waals surface area contributed by atoms with Gasteiger partial charge >= 0.3 is 6.03 Å². The highest BCUT2D eigenvalue weighted by atomic mass is 16.2. The minimum atomic E-state index is -0.271. The van der Waals surface area contributed by atoms with Gasteiger partial charge in [-0.1, -0.05) is 0 Å². The first-order valence-corrected chi connectivity index (χ1v) is 6.44. The van der Waals surface area contributed by atoms with E-state index in [9.17, 15) is 9.59 Å². The van der Waals surface area contributed by atoms with Crippen LogP contribution in [0.2, 0.25) is 0 Å². The summed E-state index contributed by atoms with van der Waals surface area (Å²) >= 11 is 0. The Morgan fingerprint density at radius 1 is 1.25 bits per heavy atom. The van der Waals surface area contributed by atoms with Crippen LogP contribution < -0.4 is 10.2 Å². The number of carbonyl (C=O) groups is 2. The number of nitrogens with one attached hydrogen (secondary N) is 1. The van der Waals surface area contributed by atoms with Gasteiger partial charge in [0.15, 0.2) is 0 Å². The van der Waals surface area contributed by atoms with E-state index in [4.69, 9.17) is 0 Å². The van der Waals surface area contributed by atoms with Gasteiger partial charge < -0.3 is 10.2 Å². The van der Waals surface area contributed by atoms with Crippen LogP contribution in [0.3, 0.4) is 0 Å². The molecule has 6 heteroatoms. The maximum absolute atomic E-state index is 11.8. The summed E-state index contributed by atoms with van der Waals surface area (Å²) in [5.41, 5.74) is 1.55. The molecule has 20 heavy (non-hydrogen) atoms. The first kappa shape index (κ1) is 12.4. The van der Waals surface area contributed by atoms with Crippen molar-refractivity contribution in [3.05, 3.63) is 43.0 Å². The van der Waals surface area contributed by atoms with Gasteiger partial charge in [-0.05, 0) is 30.7 Å². The van der Waals surface area contributed by atoms with Crippen molar-refractivity contribution in [3.63, 3.8) is 0 Å². The van der Waals surface area contributed by atoms with Crippen molar-refractivity contribution < 1.29 is 9.59 Å². The van der Waals surface area contributed by atoms with Crippen molar-refractivity contribution in [3.8, 4) is 0 Å². The van der Waals surface area contributed by atoms with E-state index >= 15 is 0 Å². The monoisotopic (exact) mass is 270 g/mol. The van der Waals surface area contributed by atoms with Crippen LogP contribution >= 0.6 is 0 Å². The van der Waals surface area contributed by atoms with E-state index in [2.05, 4.69) is 10.3 Å². The van der Waals surface area contributed by atoms with Gasteiger partial charge in [0, 0.05) is 36.7 Å². The van der Waals surface area contributed by atoms with Crippen LogP contribution in [0.1, 0.15) is 12.8 Å². The Bertz CT molecular complexity index is 619. The number of benzene rings is 1. The molecular weight excluding hydrogens is 256 g/mol. The number of imidazole rings is 1. The quantitative estimate of drug-likeness (QED) is 0.908. The lowest BCUT2D eigenvalue weighted by Crippen LogP contribution is -2.23. The normalized spacial score (nSPS) is 14.6. The second-order valence-electron chi connectivity index (χ2n) is 4.60. The van der Waals surface area contributed by atoms with Gasteiger partial charge in [-0.15, -0.1) is 0 Å². The van der Waals surface area contributed by atoms with Crippen molar-refractivity contribution in [2.24, 2.45) is 0 Å². The molecule has 1 aromatic heterocycles. The molecule has 1 fully saturated rings. The fourth-order valence-electron chi connectivity index (χ4n) is 2.21. The lowest BCUT2D eigenvalue weighted by molar-refractivity contribution is -0.117. The summed E-state index contributed by atoms with van der Waals surface area (Å²) in [5, 5.41) is 2.75. The van der Waals surface area contributed by atoms with Crippen LogP contribution in [0, 0.1) is 0 Å². The maximum Gasteiger partial charge on any atom is 0.331 e. The fourth-order valence-corrected chi connectivity index (χ4v) is 2.21. The average molecular weight is 270 g/mol. The van der Waals surface area contributed by atoms with Gasteiger partial charge in [0.05, 0.1) is 0 Å². The topological polar surface area (TPSA) is 67.2 Å². The molecule has 102 valence electrons. The molecule has 1 aliphatic heterocycles. The summed E-state index contributed by atoms with van der Waals surface area (Å²) < 4.78 is 1.36. The third-order valence-electron chi connectivity index (χ3n) is 3.24. The first-order valence-electron chi connectivity index (χ1n) is 6.44. The van der Waals surface area contributed by atoms with Crippen LogP contribution in [-0.2, 0) is 4.79 Å². The Morgan fingerprint density at radius 2 is 2.05 bits per heavy atom. The number of rotatable bonds is 2. The van der Waals surface area contributed by atoms with Crippen LogP contribution in [0.25, 0.3) is 0 Å². The minimum Gasteiger partial charge on any atom is -0.312 e. The molecule has 0 spiro atoms. The Labute approximate surface area is 116 Å². The predicted molar refractivity (Wildman–Crippen MR) is 74.7 cm³/mol. The molecule has 2 aromatic rings. The van der Waals surface area contributed by atoms with Crippen molar-refractivity contribution in [1.82, 2.24) is 9.55 Å². The molecule has 2 heterocycles. The smallest absolute Gasteiger partial charge is 0.312 e. The molecule has 0 atom stereocenters. The minimum absolute atomic E-state index is 0.153. The lowest BCUT2D eigenvalue weighted by atomic mass is 10.2. The number of nitrogens with zero attached hydrogens (tertiary/aromatic N) is 3. The van der Waals surface area contributed by atoms with E-state index in [0.717, 1.165) is 18.7 Å². The highest BCUT2D eigenvalue weighted by Crippen LogP contribution is 2.23. The SMILES string of the molecule is O=C1CCCN1c1ccc(NC(=O)n2ccnc2)cc1.